The Morgan fingerprint density at radius 1 is 0.455 bits per heavy atom. The van der Waals surface area contributed by atoms with Gasteiger partial charge in [-0.15, -0.1) is 0 Å². The van der Waals surface area contributed by atoms with Crippen LogP contribution in [0.15, 0.2) is 60.7 Å². The zero-order valence-electron chi connectivity index (χ0n) is 11.7. The lowest BCUT2D eigenvalue weighted by Gasteiger charge is -2.06. The SMILES string of the molecule is N#Cc1ccc2cc3cc4cc(C#N)ccc4cc3cc2c1. The zero-order valence-corrected chi connectivity index (χ0v) is 11.7. The first-order chi connectivity index (χ1) is 10.8. The van der Waals surface area contributed by atoms with E-state index in [4.69, 9.17) is 10.5 Å². The van der Waals surface area contributed by atoms with Crippen molar-refractivity contribution >= 4 is 32.3 Å². The van der Waals surface area contributed by atoms with Gasteiger partial charge in [-0.2, -0.15) is 10.5 Å². The summed E-state index contributed by atoms with van der Waals surface area (Å²) in [6.45, 7) is 0. The van der Waals surface area contributed by atoms with Gasteiger partial charge in [-0.05, 0) is 80.8 Å². The van der Waals surface area contributed by atoms with Crippen LogP contribution in [0.2, 0.25) is 0 Å². The molecule has 4 aromatic carbocycles. The van der Waals surface area contributed by atoms with Crippen molar-refractivity contribution in [3.8, 4) is 12.1 Å². The summed E-state index contributed by atoms with van der Waals surface area (Å²) >= 11 is 0. The van der Waals surface area contributed by atoms with Gasteiger partial charge in [-0.1, -0.05) is 12.1 Å². The molecule has 0 unspecified atom stereocenters. The molecule has 100 valence electrons. The molecule has 22 heavy (non-hydrogen) atoms. The lowest BCUT2D eigenvalue weighted by Crippen LogP contribution is -1.81. The third-order valence-corrected chi connectivity index (χ3v) is 4.01. The van der Waals surface area contributed by atoms with Gasteiger partial charge in [0, 0.05) is 0 Å². The summed E-state index contributed by atoms with van der Waals surface area (Å²) in [5, 5.41) is 24.7. The summed E-state index contributed by atoms with van der Waals surface area (Å²) in [5.41, 5.74) is 1.35. The summed E-state index contributed by atoms with van der Waals surface area (Å²) in [4.78, 5) is 0. The van der Waals surface area contributed by atoms with Crippen molar-refractivity contribution in [3.05, 3.63) is 71.8 Å². The Hall–Kier alpha value is -3.36. The molecule has 0 amide bonds. The van der Waals surface area contributed by atoms with Crippen molar-refractivity contribution in [2.24, 2.45) is 0 Å². The van der Waals surface area contributed by atoms with Crippen LogP contribution in [0, 0.1) is 22.7 Å². The Morgan fingerprint density at radius 2 is 0.818 bits per heavy atom. The number of nitrogens with zero attached hydrogens (tertiary/aromatic N) is 2. The first-order valence-corrected chi connectivity index (χ1v) is 6.98. The predicted molar refractivity (Wildman–Crippen MR) is 88.4 cm³/mol. The first-order valence-electron chi connectivity index (χ1n) is 6.98. The van der Waals surface area contributed by atoms with Crippen molar-refractivity contribution in [1.29, 1.82) is 10.5 Å². The van der Waals surface area contributed by atoms with Crippen LogP contribution >= 0.6 is 0 Å². The molecular formula is C20H10N2. The fourth-order valence-corrected chi connectivity index (χ4v) is 2.89. The molecule has 2 nitrogen and oxygen atoms in total. The highest BCUT2D eigenvalue weighted by Gasteiger charge is 2.03. The molecular weight excluding hydrogens is 268 g/mol. The molecule has 0 aliphatic rings. The van der Waals surface area contributed by atoms with Crippen LogP contribution in [0.3, 0.4) is 0 Å². The maximum absolute atomic E-state index is 9.02. The highest BCUT2D eigenvalue weighted by atomic mass is 14.2. The van der Waals surface area contributed by atoms with E-state index < -0.39 is 0 Å². The van der Waals surface area contributed by atoms with Gasteiger partial charge < -0.3 is 0 Å². The van der Waals surface area contributed by atoms with Gasteiger partial charge in [0.25, 0.3) is 0 Å². The van der Waals surface area contributed by atoms with Crippen LogP contribution in [-0.4, -0.2) is 0 Å². The molecule has 0 saturated heterocycles. The third kappa shape index (κ3) is 1.87. The van der Waals surface area contributed by atoms with Crippen LogP contribution in [0.25, 0.3) is 32.3 Å². The molecule has 0 aliphatic heterocycles. The fourth-order valence-electron chi connectivity index (χ4n) is 2.89. The minimum absolute atomic E-state index is 0.673. The minimum atomic E-state index is 0.673. The number of hydrogen-bond acceptors (Lipinski definition) is 2. The van der Waals surface area contributed by atoms with E-state index in [0.29, 0.717) is 11.1 Å². The molecule has 2 heteroatoms. The first kappa shape index (κ1) is 12.4. The Labute approximate surface area is 127 Å². The average molecular weight is 278 g/mol. The minimum Gasteiger partial charge on any atom is -0.192 e. The van der Waals surface area contributed by atoms with E-state index in [0.717, 1.165) is 32.3 Å². The van der Waals surface area contributed by atoms with Crippen molar-refractivity contribution in [3.63, 3.8) is 0 Å². The molecule has 0 radical (unpaired) electrons. The largest absolute Gasteiger partial charge is 0.192 e. The number of benzene rings is 4. The van der Waals surface area contributed by atoms with Crippen LogP contribution in [0.5, 0.6) is 0 Å². The highest BCUT2D eigenvalue weighted by molar-refractivity contribution is 6.05. The molecule has 0 aliphatic carbocycles. The lowest BCUT2D eigenvalue weighted by atomic mass is 9.98. The molecule has 0 N–H and O–H groups in total. The van der Waals surface area contributed by atoms with E-state index in [1.807, 2.05) is 36.4 Å². The Morgan fingerprint density at radius 3 is 1.23 bits per heavy atom. The van der Waals surface area contributed by atoms with E-state index >= 15 is 0 Å². The number of rotatable bonds is 0. The summed E-state index contributed by atoms with van der Waals surface area (Å²) in [6.07, 6.45) is 0. The van der Waals surface area contributed by atoms with Gasteiger partial charge in [0.15, 0.2) is 0 Å². The Balaban J connectivity index is 2.07. The van der Waals surface area contributed by atoms with Crippen molar-refractivity contribution in [2.75, 3.05) is 0 Å². The lowest BCUT2D eigenvalue weighted by molar-refractivity contribution is 1.50. The second-order valence-corrected chi connectivity index (χ2v) is 5.40. The molecule has 0 spiro atoms. The van der Waals surface area contributed by atoms with Crippen molar-refractivity contribution < 1.29 is 0 Å². The van der Waals surface area contributed by atoms with Gasteiger partial charge >= 0.3 is 0 Å². The van der Waals surface area contributed by atoms with Gasteiger partial charge in [0.1, 0.15) is 0 Å². The maximum atomic E-state index is 9.02. The number of hydrogen-bond donors (Lipinski definition) is 0. The quantitative estimate of drug-likeness (QED) is 0.430. The summed E-state index contributed by atoms with van der Waals surface area (Å²) in [6, 6.07) is 24.3. The fraction of sp³-hybridized carbons (Fsp3) is 0. The topological polar surface area (TPSA) is 47.6 Å². The van der Waals surface area contributed by atoms with E-state index in [-0.39, 0.29) is 0 Å². The van der Waals surface area contributed by atoms with Gasteiger partial charge in [-0.3, -0.25) is 0 Å². The Bertz CT molecular complexity index is 1050. The van der Waals surface area contributed by atoms with Gasteiger partial charge in [0.05, 0.1) is 23.3 Å². The number of fused-ring (bicyclic) bond motifs is 3. The number of nitriles is 2. The van der Waals surface area contributed by atoms with Crippen LogP contribution < -0.4 is 0 Å². The van der Waals surface area contributed by atoms with Crippen molar-refractivity contribution in [2.45, 2.75) is 0 Å². The van der Waals surface area contributed by atoms with Gasteiger partial charge in [-0.25, -0.2) is 0 Å². The normalized spacial score (nSPS) is 10.6. The average Bonchev–Trinajstić information content (AvgIpc) is 2.57. The maximum Gasteiger partial charge on any atom is 0.0991 e. The molecule has 0 saturated carbocycles. The smallest absolute Gasteiger partial charge is 0.0991 e. The monoisotopic (exact) mass is 278 g/mol. The van der Waals surface area contributed by atoms with Crippen LogP contribution in [-0.2, 0) is 0 Å². The predicted octanol–water partition coefficient (Wildman–Crippen LogP) is 4.89. The summed E-state index contributed by atoms with van der Waals surface area (Å²) in [7, 11) is 0. The highest BCUT2D eigenvalue weighted by Crippen LogP contribution is 2.28. The summed E-state index contributed by atoms with van der Waals surface area (Å²) < 4.78 is 0. The van der Waals surface area contributed by atoms with Crippen LogP contribution in [0.4, 0.5) is 0 Å². The molecule has 0 aromatic heterocycles. The van der Waals surface area contributed by atoms with E-state index in [1.165, 1.54) is 0 Å². The molecule has 4 rings (SSSR count). The van der Waals surface area contributed by atoms with E-state index in [2.05, 4.69) is 36.4 Å². The zero-order chi connectivity index (χ0) is 15.1. The molecule has 0 atom stereocenters. The van der Waals surface area contributed by atoms with Crippen molar-refractivity contribution in [1.82, 2.24) is 0 Å². The molecule has 0 heterocycles. The Kier molecular flexibility index (Phi) is 2.58. The molecule has 0 fully saturated rings. The molecule has 0 bridgehead atoms. The molecule has 4 aromatic rings. The van der Waals surface area contributed by atoms with E-state index in [1.54, 1.807) is 0 Å². The standard InChI is InChI=1S/C20H10N2/c21-11-13-1-3-15-7-19-10-18-6-14(12-22)2-4-16(18)8-20(19)9-17(15)5-13/h1-10H. The van der Waals surface area contributed by atoms with Crippen LogP contribution in [0.1, 0.15) is 11.1 Å². The second kappa shape index (κ2) is 4.58. The van der Waals surface area contributed by atoms with E-state index in [9.17, 15) is 0 Å². The summed E-state index contributed by atoms with van der Waals surface area (Å²) in [5.74, 6) is 0. The second-order valence-electron chi connectivity index (χ2n) is 5.40. The third-order valence-electron chi connectivity index (χ3n) is 4.01. The van der Waals surface area contributed by atoms with Gasteiger partial charge in [0.2, 0.25) is 0 Å².